The van der Waals surface area contributed by atoms with Crippen LogP contribution in [0.2, 0.25) is 0 Å². The molecule has 1 aromatic carbocycles. The SMILES string of the molecule is CCC1(C(=O)O)Cc2ccccc2C1C. The van der Waals surface area contributed by atoms with Crippen LogP contribution in [0.3, 0.4) is 0 Å². The monoisotopic (exact) mass is 204 g/mol. The van der Waals surface area contributed by atoms with Gasteiger partial charge in [-0.05, 0) is 29.9 Å². The summed E-state index contributed by atoms with van der Waals surface area (Å²) >= 11 is 0. The summed E-state index contributed by atoms with van der Waals surface area (Å²) in [5.41, 5.74) is 1.83. The van der Waals surface area contributed by atoms with Crippen molar-refractivity contribution in [3.8, 4) is 0 Å². The largest absolute Gasteiger partial charge is 0.481 e. The van der Waals surface area contributed by atoms with Crippen LogP contribution in [-0.2, 0) is 11.2 Å². The highest BCUT2D eigenvalue weighted by Crippen LogP contribution is 2.49. The second-order valence-electron chi connectivity index (χ2n) is 4.41. The quantitative estimate of drug-likeness (QED) is 0.804. The van der Waals surface area contributed by atoms with E-state index >= 15 is 0 Å². The molecule has 15 heavy (non-hydrogen) atoms. The van der Waals surface area contributed by atoms with Crippen molar-refractivity contribution in [3.63, 3.8) is 0 Å². The Labute approximate surface area is 89.9 Å². The molecule has 0 bridgehead atoms. The lowest BCUT2D eigenvalue weighted by Crippen LogP contribution is -2.33. The van der Waals surface area contributed by atoms with Gasteiger partial charge in [-0.3, -0.25) is 4.79 Å². The molecule has 0 fully saturated rings. The summed E-state index contributed by atoms with van der Waals surface area (Å²) in [5.74, 6) is -0.537. The van der Waals surface area contributed by atoms with Crippen LogP contribution in [0.5, 0.6) is 0 Å². The van der Waals surface area contributed by atoms with Gasteiger partial charge >= 0.3 is 5.97 Å². The third-order valence-corrected chi connectivity index (χ3v) is 3.91. The fraction of sp³-hybridized carbons (Fsp3) is 0.462. The third kappa shape index (κ3) is 1.28. The van der Waals surface area contributed by atoms with Crippen LogP contribution in [0.25, 0.3) is 0 Å². The average Bonchev–Trinajstić information content (AvgIpc) is 2.53. The Morgan fingerprint density at radius 3 is 2.73 bits per heavy atom. The van der Waals surface area contributed by atoms with Gasteiger partial charge < -0.3 is 5.11 Å². The van der Waals surface area contributed by atoms with E-state index in [9.17, 15) is 9.90 Å². The first-order valence-electron chi connectivity index (χ1n) is 5.43. The first-order valence-corrected chi connectivity index (χ1v) is 5.43. The number of aliphatic carboxylic acids is 1. The van der Waals surface area contributed by atoms with Gasteiger partial charge in [-0.25, -0.2) is 0 Å². The van der Waals surface area contributed by atoms with Gasteiger partial charge in [0.25, 0.3) is 0 Å². The molecule has 1 aliphatic carbocycles. The van der Waals surface area contributed by atoms with Crippen LogP contribution in [0.1, 0.15) is 37.3 Å². The van der Waals surface area contributed by atoms with Crippen molar-refractivity contribution < 1.29 is 9.90 Å². The van der Waals surface area contributed by atoms with E-state index in [0.29, 0.717) is 12.8 Å². The maximum absolute atomic E-state index is 11.4. The van der Waals surface area contributed by atoms with E-state index in [1.165, 1.54) is 11.1 Å². The van der Waals surface area contributed by atoms with E-state index in [0.717, 1.165) is 0 Å². The number of fused-ring (bicyclic) bond motifs is 1. The predicted octanol–water partition coefficient (Wildman–Crippen LogP) is 2.83. The number of carboxylic acid groups (broad SMARTS) is 1. The topological polar surface area (TPSA) is 37.3 Å². The molecule has 0 saturated heterocycles. The lowest BCUT2D eigenvalue weighted by atomic mass is 9.75. The van der Waals surface area contributed by atoms with Crippen molar-refractivity contribution in [1.29, 1.82) is 0 Å². The molecule has 0 spiro atoms. The number of benzene rings is 1. The smallest absolute Gasteiger partial charge is 0.310 e. The van der Waals surface area contributed by atoms with Gasteiger partial charge in [0.15, 0.2) is 0 Å². The van der Waals surface area contributed by atoms with Crippen LogP contribution < -0.4 is 0 Å². The average molecular weight is 204 g/mol. The number of rotatable bonds is 2. The van der Waals surface area contributed by atoms with Crippen molar-refractivity contribution >= 4 is 5.97 Å². The Morgan fingerprint density at radius 2 is 2.20 bits per heavy atom. The molecule has 2 heteroatoms. The molecule has 2 rings (SSSR count). The maximum Gasteiger partial charge on any atom is 0.310 e. The van der Waals surface area contributed by atoms with Crippen molar-refractivity contribution in [2.45, 2.75) is 32.6 Å². The summed E-state index contributed by atoms with van der Waals surface area (Å²) in [6, 6.07) is 8.08. The zero-order chi connectivity index (χ0) is 11.1. The van der Waals surface area contributed by atoms with Crippen LogP contribution in [-0.4, -0.2) is 11.1 Å². The van der Waals surface area contributed by atoms with E-state index in [1.807, 2.05) is 32.0 Å². The second-order valence-corrected chi connectivity index (χ2v) is 4.41. The molecule has 1 aromatic rings. The van der Waals surface area contributed by atoms with Gasteiger partial charge in [0.1, 0.15) is 0 Å². The summed E-state index contributed by atoms with van der Waals surface area (Å²) in [7, 11) is 0. The van der Waals surface area contributed by atoms with Crippen molar-refractivity contribution in [3.05, 3.63) is 35.4 Å². The van der Waals surface area contributed by atoms with Gasteiger partial charge in [-0.1, -0.05) is 38.1 Å². The normalized spacial score (nSPS) is 28.8. The zero-order valence-electron chi connectivity index (χ0n) is 9.16. The van der Waals surface area contributed by atoms with Crippen molar-refractivity contribution in [1.82, 2.24) is 0 Å². The molecule has 2 atom stereocenters. The molecular weight excluding hydrogens is 188 g/mol. The molecule has 0 aliphatic heterocycles. The Balaban J connectivity index is 2.49. The number of carbonyl (C=O) groups is 1. The molecule has 2 nitrogen and oxygen atoms in total. The fourth-order valence-corrected chi connectivity index (χ4v) is 2.75. The minimum absolute atomic E-state index is 0.121. The van der Waals surface area contributed by atoms with E-state index < -0.39 is 11.4 Å². The molecule has 0 aromatic heterocycles. The van der Waals surface area contributed by atoms with E-state index in [1.54, 1.807) is 0 Å². The van der Waals surface area contributed by atoms with Crippen molar-refractivity contribution in [2.75, 3.05) is 0 Å². The summed E-state index contributed by atoms with van der Waals surface area (Å²) in [6.45, 7) is 4.00. The van der Waals surface area contributed by atoms with Crippen molar-refractivity contribution in [2.24, 2.45) is 5.41 Å². The van der Waals surface area contributed by atoms with Gasteiger partial charge in [-0.2, -0.15) is 0 Å². The second kappa shape index (κ2) is 3.37. The minimum Gasteiger partial charge on any atom is -0.481 e. The maximum atomic E-state index is 11.4. The molecule has 2 unspecified atom stereocenters. The van der Waals surface area contributed by atoms with E-state index in [2.05, 4.69) is 6.07 Å². The molecular formula is C13H16O2. The highest BCUT2D eigenvalue weighted by atomic mass is 16.4. The summed E-state index contributed by atoms with van der Waals surface area (Å²) < 4.78 is 0. The Morgan fingerprint density at radius 1 is 1.53 bits per heavy atom. The minimum atomic E-state index is -0.659. The molecule has 1 aliphatic rings. The Bertz CT molecular complexity index is 397. The molecule has 0 radical (unpaired) electrons. The molecule has 0 heterocycles. The Hall–Kier alpha value is -1.31. The van der Waals surface area contributed by atoms with Gasteiger partial charge in [0, 0.05) is 0 Å². The summed E-state index contributed by atoms with van der Waals surface area (Å²) in [4.78, 5) is 11.4. The summed E-state index contributed by atoms with van der Waals surface area (Å²) in [5, 5.41) is 9.41. The summed E-state index contributed by atoms with van der Waals surface area (Å²) in [6.07, 6.45) is 1.37. The lowest BCUT2D eigenvalue weighted by molar-refractivity contribution is -0.149. The van der Waals surface area contributed by atoms with Gasteiger partial charge in [-0.15, -0.1) is 0 Å². The highest BCUT2D eigenvalue weighted by Gasteiger charge is 2.48. The van der Waals surface area contributed by atoms with E-state index in [-0.39, 0.29) is 5.92 Å². The number of carboxylic acids is 1. The first kappa shape index (κ1) is 10.2. The highest BCUT2D eigenvalue weighted by molar-refractivity contribution is 5.78. The molecule has 0 amide bonds. The van der Waals surface area contributed by atoms with E-state index in [4.69, 9.17) is 0 Å². The van der Waals surface area contributed by atoms with Gasteiger partial charge in [0.05, 0.1) is 5.41 Å². The zero-order valence-corrected chi connectivity index (χ0v) is 9.16. The third-order valence-electron chi connectivity index (χ3n) is 3.91. The molecule has 80 valence electrons. The van der Waals surface area contributed by atoms with Crippen LogP contribution >= 0.6 is 0 Å². The number of hydrogen-bond acceptors (Lipinski definition) is 1. The molecule has 0 saturated carbocycles. The standard InChI is InChI=1S/C13H16O2/c1-3-13(12(14)15)8-10-6-4-5-7-11(10)9(13)2/h4-7,9H,3,8H2,1-2H3,(H,14,15). The fourth-order valence-electron chi connectivity index (χ4n) is 2.75. The van der Waals surface area contributed by atoms with Crippen LogP contribution in [0.4, 0.5) is 0 Å². The predicted molar refractivity (Wildman–Crippen MR) is 58.9 cm³/mol. The Kier molecular flexibility index (Phi) is 2.29. The van der Waals surface area contributed by atoms with Crippen LogP contribution in [0.15, 0.2) is 24.3 Å². The molecule has 1 N–H and O–H groups in total. The van der Waals surface area contributed by atoms with Gasteiger partial charge in [0.2, 0.25) is 0 Å². The first-order chi connectivity index (χ1) is 7.12. The lowest BCUT2D eigenvalue weighted by Gasteiger charge is -2.27. The number of hydrogen-bond donors (Lipinski definition) is 1. The van der Waals surface area contributed by atoms with Crippen LogP contribution in [0, 0.1) is 5.41 Å².